The van der Waals surface area contributed by atoms with E-state index in [0.29, 0.717) is 6.07 Å². The van der Waals surface area contributed by atoms with Crippen LogP contribution in [0.5, 0.6) is 0 Å². The molecule has 2 rings (SSSR count). The molecule has 1 amide bonds. The highest BCUT2D eigenvalue weighted by Gasteiger charge is 2.30. The number of nitro benzene ring substituents is 2. The summed E-state index contributed by atoms with van der Waals surface area (Å²) in [6.45, 7) is 0. The van der Waals surface area contributed by atoms with Gasteiger partial charge in [0.25, 0.3) is 17.3 Å². The quantitative estimate of drug-likeness (QED) is 0.444. The minimum Gasteiger partial charge on any atom is -0.332 e. The van der Waals surface area contributed by atoms with Crippen molar-refractivity contribution in [2.24, 2.45) is 0 Å². The molecule has 0 fully saturated rings. The summed E-state index contributed by atoms with van der Waals surface area (Å²) in [6.07, 6.45) is -4.58. The lowest BCUT2D eigenvalue weighted by atomic mass is 10.1. The molecule has 0 radical (unpaired) electrons. The van der Waals surface area contributed by atoms with Crippen LogP contribution >= 0.6 is 12.2 Å². The lowest BCUT2D eigenvalue weighted by molar-refractivity contribution is -0.394. The van der Waals surface area contributed by atoms with Crippen molar-refractivity contribution in [3.63, 3.8) is 0 Å². The van der Waals surface area contributed by atoms with Crippen molar-refractivity contribution >= 4 is 40.3 Å². The molecule has 28 heavy (non-hydrogen) atoms. The van der Waals surface area contributed by atoms with Gasteiger partial charge in [0.05, 0.1) is 27.0 Å². The second-order valence-electron chi connectivity index (χ2n) is 5.24. The Labute approximate surface area is 159 Å². The van der Waals surface area contributed by atoms with Crippen molar-refractivity contribution in [3.8, 4) is 0 Å². The average molecular weight is 414 g/mol. The van der Waals surface area contributed by atoms with Gasteiger partial charge < -0.3 is 5.32 Å². The highest BCUT2D eigenvalue weighted by atomic mass is 32.1. The molecular formula is C15H9F3N4O5S. The van der Waals surface area contributed by atoms with E-state index in [1.54, 1.807) is 0 Å². The molecular weight excluding hydrogens is 405 g/mol. The number of hydrogen-bond donors (Lipinski definition) is 2. The summed E-state index contributed by atoms with van der Waals surface area (Å²) in [5.41, 5.74) is -2.80. The average Bonchev–Trinajstić information content (AvgIpc) is 2.60. The fourth-order valence-electron chi connectivity index (χ4n) is 2.05. The van der Waals surface area contributed by atoms with Gasteiger partial charge in [-0.05, 0) is 30.4 Å². The molecule has 0 aliphatic carbocycles. The first-order valence-electron chi connectivity index (χ1n) is 7.21. The Hall–Kier alpha value is -3.61. The summed E-state index contributed by atoms with van der Waals surface area (Å²) in [7, 11) is 0. The van der Waals surface area contributed by atoms with Crippen LogP contribution in [0.25, 0.3) is 0 Å². The SMILES string of the molecule is O=C(NC(=S)Nc1cccc(C(F)(F)F)c1)c1cc([N+](=O)[O-])cc([N+](=O)[O-])c1. The maximum atomic E-state index is 12.7. The minimum atomic E-state index is -4.58. The molecule has 146 valence electrons. The zero-order valence-corrected chi connectivity index (χ0v) is 14.3. The van der Waals surface area contributed by atoms with Gasteiger partial charge in [-0.2, -0.15) is 13.2 Å². The maximum absolute atomic E-state index is 12.7. The number of carbonyl (C=O) groups excluding carboxylic acids is 1. The largest absolute Gasteiger partial charge is 0.416 e. The van der Waals surface area contributed by atoms with Crippen LogP contribution in [0.2, 0.25) is 0 Å². The normalized spacial score (nSPS) is 10.8. The number of rotatable bonds is 4. The van der Waals surface area contributed by atoms with Gasteiger partial charge >= 0.3 is 6.18 Å². The molecule has 0 atom stereocenters. The Bertz CT molecular complexity index is 948. The van der Waals surface area contributed by atoms with E-state index in [4.69, 9.17) is 12.2 Å². The van der Waals surface area contributed by atoms with Gasteiger partial charge in [-0.15, -0.1) is 0 Å². The lowest BCUT2D eigenvalue weighted by Crippen LogP contribution is -2.34. The molecule has 0 bridgehead atoms. The van der Waals surface area contributed by atoms with Gasteiger partial charge in [-0.25, -0.2) is 0 Å². The van der Waals surface area contributed by atoms with E-state index in [0.717, 1.165) is 30.3 Å². The standard InChI is InChI=1S/C15H9F3N4O5S/c16-15(17,18)9-2-1-3-10(6-9)19-14(28)20-13(23)8-4-11(21(24)25)7-12(5-8)22(26)27/h1-7H,(H2,19,20,23,28). The molecule has 0 saturated heterocycles. The second kappa shape index (κ2) is 7.96. The third kappa shape index (κ3) is 5.20. The van der Waals surface area contributed by atoms with E-state index >= 15 is 0 Å². The topological polar surface area (TPSA) is 127 Å². The van der Waals surface area contributed by atoms with Crippen molar-refractivity contribution in [2.75, 3.05) is 5.32 Å². The molecule has 0 heterocycles. The van der Waals surface area contributed by atoms with Gasteiger partial charge in [0, 0.05) is 17.8 Å². The summed E-state index contributed by atoms with van der Waals surface area (Å²) in [6, 6.07) is 6.28. The third-order valence-electron chi connectivity index (χ3n) is 3.26. The molecule has 9 nitrogen and oxygen atoms in total. The Balaban J connectivity index is 2.18. The van der Waals surface area contributed by atoms with E-state index in [1.807, 2.05) is 0 Å². The molecule has 0 saturated carbocycles. The van der Waals surface area contributed by atoms with E-state index in [2.05, 4.69) is 10.6 Å². The predicted molar refractivity (Wildman–Crippen MR) is 94.9 cm³/mol. The van der Waals surface area contributed by atoms with Gasteiger partial charge in [-0.3, -0.25) is 30.3 Å². The number of amides is 1. The van der Waals surface area contributed by atoms with Crippen LogP contribution in [-0.4, -0.2) is 20.9 Å². The van der Waals surface area contributed by atoms with E-state index in [9.17, 15) is 38.2 Å². The lowest BCUT2D eigenvalue weighted by Gasteiger charge is -2.12. The molecule has 2 aromatic carbocycles. The molecule has 0 aromatic heterocycles. The first-order valence-corrected chi connectivity index (χ1v) is 7.61. The number of non-ortho nitro benzene ring substituents is 2. The zero-order chi connectivity index (χ0) is 21.1. The number of benzene rings is 2. The monoisotopic (exact) mass is 414 g/mol. The predicted octanol–water partition coefficient (Wildman–Crippen LogP) is 3.65. The van der Waals surface area contributed by atoms with Crippen LogP contribution in [0.15, 0.2) is 42.5 Å². The van der Waals surface area contributed by atoms with Crippen molar-refractivity contribution in [1.82, 2.24) is 5.32 Å². The summed E-state index contributed by atoms with van der Waals surface area (Å²) in [4.78, 5) is 32.0. The van der Waals surface area contributed by atoms with Crippen molar-refractivity contribution in [2.45, 2.75) is 6.18 Å². The Morgan fingerprint density at radius 3 is 2.07 bits per heavy atom. The molecule has 0 aliphatic rings. The number of carbonyl (C=O) groups is 1. The summed E-state index contributed by atoms with van der Waals surface area (Å²) < 4.78 is 38.1. The Kier molecular flexibility index (Phi) is 5.88. The fraction of sp³-hybridized carbons (Fsp3) is 0.0667. The summed E-state index contributed by atoms with van der Waals surface area (Å²) >= 11 is 4.83. The zero-order valence-electron chi connectivity index (χ0n) is 13.5. The molecule has 0 unspecified atom stereocenters. The number of thiocarbonyl (C=S) groups is 1. The van der Waals surface area contributed by atoms with Gasteiger partial charge in [0.2, 0.25) is 0 Å². The smallest absolute Gasteiger partial charge is 0.332 e. The van der Waals surface area contributed by atoms with Crippen LogP contribution in [0.4, 0.5) is 30.2 Å². The summed E-state index contributed by atoms with van der Waals surface area (Å²) in [5.74, 6) is -1.02. The van der Waals surface area contributed by atoms with Crippen molar-refractivity contribution in [1.29, 1.82) is 0 Å². The maximum Gasteiger partial charge on any atom is 0.416 e. The number of nitrogens with one attached hydrogen (secondary N) is 2. The number of nitro groups is 2. The van der Waals surface area contributed by atoms with E-state index < -0.39 is 49.5 Å². The molecule has 0 aliphatic heterocycles. The minimum absolute atomic E-state index is 0.0647. The van der Waals surface area contributed by atoms with Crippen LogP contribution in [0.3, 0.4) is 0 Å². The number of alkyl halides is 3. The Morgan fingerprint density at radius 1 is 1.00 bits per heavy atom. The second-order valence-corrected chi connectivity index (χ2v) is 5.65. The van der Waals surface area contributed by atoms with Crippen LogP contribution in [-0.2, 0) is 6.18 Å². The highest BCUT2D eigenvalue weighted by Crippen LogP contribution is 2.30. The highest BCUT2D eigenvalue weighted by molar-refractivity contribution is 7.80. The first-order chi connectivity index (χ1) is 13.0. The molecule has 2 aromatic rings. The Morgan fingerprint density at radius 2 is 1.57 bits per heavy atom. The van der Waals surface area contributed by atoms with Crippen LogP contribution in [0.1, 0.15) is 15.9 Å². The van der Waals surface area contributed by atoms with Gasteiger partial charge in [0.1, 0.15) is 0 Å². The number of anilines is 1. The van der Waals surface area contributed by atoms with Crippen molar-refractivity contribution in [3.05, 3.63) is 73.8 Å². The number of nitrogens with zero attached hydrogens (tertiary/aromatic N) is 2. The number of hydrogen-bond acceptors (Lipinski definition) is 6. The first kappa shape index (κ1) is 20.7. The van der Waals surface area contributed by atoms with Gasteiger partial charge in [-0.1, -0.05) is 6.07 Å². The molecule has 2 N–H and O–H groups in total. The van der Waals surface area contributed by atoms with E-state index in [-0.39, 0.29) is 5.69 Å². The molecule has 13 heteroatoms. The fourth-order valence-corrected chi connectivity index (χ4v) is 2.26. The molecule has 0 spiro atoms. The third-order valence-corrected chi connectivity index (χ3v) is 3.47. The number of halogens is 3. The van der Waals surface area contributed by atoms with Crippen LogP contribution < -0.4 is 10.6 Å². The van der Waals surface area contributed by atoms with E-state index in [1.165, 1.54) is 6.07 Å². The van der Waals surface area contributed by atoms with Crippen LogP contribution in [0, 0.1) is 20.2 Å². The summed E-state index contributed by atoms with van der Waals surface area (Å²) in [5, 5.41) is 25.7. The van der Waals surface area contributed by atoms with Crippen molar-refractivity contribution < 1.29 is 27.8 Å². The van der Waals surface area contributed by atoms with Gasteiger partial charge in [0.15, 0.2) is 5.11 Å².